The van der Waals surface area contributed by atoms with Crippen LogP contribution in [0.4, 0.5) is 0 Å². The minimum Gasteiger partial charge on any atom is -0.545 e. The molecule has 0 spiro atoms. The maximum absolute atomic E-state index is 10.0. The van der Waals surface area contributed by atoms with E-state index in [0.29, 0.717) is 0 Å². The summed E-state index contributed by atoms with van der Waals surface area (Å²) in [7, 11) is 0. The Bertz CT molecular complexity index is 301. The molecule has 1 aromatic rings. The Morgan fingerprint density at radius 1 is 1.31 bits per heavy atom. The molecule has 1 rings (SSSR count). The monoisotopic (exact) mass is 200 g/mol. The first kappa shape index (κ1) is 13.1. The molecule has 0 saturated carbocycles. The number of carboxylic acid groups (broad SMARTS) is 1. The number of hydrogen-bond donors (Lipinski definition) is 0. The molecule has 0 unspecified atom stereocenters. The summed E-state index contributed by atoms with van der Waals surface area (Å²) in [5, 5.41) is 10.0. The molecule has 3 heteroatoms. The average Bonchev–Trinajstić information content (AvgIpc) is 2.03. The fourth-order valence-electron chi connectivity index (χ4n) is 0.842. The molecule has 0 N–H and O–H groups in total. The van der Waals surface area contributed by atoms with Crippen molar-refractivity contribution in [2.24, 2.45) is 0 Å². The Labute approximate surface area is 120 Å². The van der Waals surface area contributed by atoms with Crippen LogP contribution < -0.4 is 56.5 Å². The second kappa shape index (κ2) is 6.51. The van der Waals surface area contributed by atoms with Gasteiger partial charge in [-0.05, 0) is 18.6 Å². The summed E-state index contributed by atoms with van der Waals surface area (Å²) >= 11 is 0. The number of benzene rings is 1. The van der Waals surface area contributed by atoms with Crippen molar-refractivity contribution in [2.45, 2.75) is 6.92 Å². The zero-order chi connectivity index (χ0) is 8.97. The van der Waals surface area contributed by atoms with E-state index in [2.05, 4.69) is 0 Å². The molecule has 0 fully saturated rings. The summed E-state index contributed by atoms with van der Waals surface area (Å²) in [6.45, 7) is 1.98. The third-order valence-electron chi connectivity index (χ3n) is 1.49. The Morgan fingerprint density at radius 2 is 1.85 bits per heavy atom. The van der Waals surface area contributed by atoms with Gasteiger partial charge in [0.1, 0.15) is 0 Å². The first-order valence-corrected chi connectivity index (χ1v) is 3.64. The van der Waals surface area contributed by atoms with E-state index in [1.165, 1.54) is 6.08 Å². The van der Waals surface area contributed by atoms with E-state index < -0.39 is 5.97 Å². The van der Waals surface area contributed by atoms with Crippen LogP contribution in [-0.4, -0.2) is 5.97 Å². The fourth-order valence-corrected chi connectivity index (χ4v) is 0.842. The maximum atomic E-state index is 10.0. The zero-order valence-corrected chi connectivity index (χ0v) is 10.9. The quantitative estimate of drug-likeness (QED) is 0.400. The van der Waals surface area contributed by atoms with Crippen molar-refractivity contribution in [2.75, 3.05) is 0 Å². The molecule has 0 aliphatic heterocycles. The van der Waals surface area contributed by atoms with Crippen LogP contribution in [-0.2, 0) is 4.79 Å². The van der Waals surface area contributed by atoms with Crippen molar-refractivity contribution >= 4 is 12.0 Å². The Hall–Kier alpha value is 0.0664. The van der Waals surface area contributed by atoms with Crippen LogP contribution in [0.2, 0.25) is 0 Å². The molecule has 0 atom stereocenters. The molecular formula is C10H9KO2. The molecule has 62 valence electrons. The summed E-state index contributed by atoms with van der Waals surface area (Å²) in [4.78, 5) is 10.0. The van der Waals surface area contributed by atoms with Crippen LogP contribution in [0.25, 0.3) is 6.08 Å². The predicted molar refractivity (Wildman–Crippen MR) is 45.2 cm³/mol. The smallest absolute Gasteiger partial charge is 0.545 e. The number of carboxylic acids is 1. The molecule has 0 saturated heterocycles. The van der Waals surface area contributed by atoms with Gasteiger partial charge in [-0.3, -0.25) is 0 Å². The predicted octanol–water partition coefficient (Wildman–Crippen LogP) is -2.24. The van der Waals surface area contributed by atoms with Crippen molar-refractivity contribution < 1.29 is 61.3 Å². The minimum absolute atomic E-state index is 0. The minimum atomic E-state index is -1.17. The Kier molecular flexibility index (Phi) is 6.54. The SMILES string of the molecule is Cc1ccc(/C=C/C(=O)[O-])cc1.[K+]. The van der Waals surface area contributed by atoms with E-state index in [1.54, 1.807) is 0 Å². The van der Waals surface area contributed by atoms with Crippen molar-refractivity contribution in [3.8, 4) is 0 Å². The van der Waals surface area contributed by atoms with E-state index in [0.717, 1.165) is 17.2 Å². The third-order valence-corrected chi connectivity index (χ3v) is 1.49. The van der Waals surface area contributed by atoms with Gasteiger partial charge >= 0.3 is 51.4 Å². The van der Waals surface area contributed by atoms with E-state index in [4.69, 9.17) is 0 Å². The summed E-state index contributed by atoms with van der Waals surface area (Å²) in [5.41, 5.74) is 2.02. The summed E-state index contributed by atoms with van der Waals surface area (Å²) < 4.78 is 0. The average molecular weight is 200 g/mol. The molecular weight excluding hydrogens is 191 g/mol. The third kappa shape index (κ3) is 5.39. The number of rotatable bonds is 2. The molecule has 0 radical (unpaired) electrons. The normalized spacial score (nSPS) is 9.62. The van der Waals surface area contributed by atoms with Gasteiger partial charge in [-0.2, -0.15) is 0 Å². The Balaban J connectivity index is 0.00000144. The molecule has 0 aliphatic carbocycles. The van der Waals surface area contributed by atoms with E-state index in [1.807, 2.05) is 31.2 Å². The standard InChI is InChI=1S/C10H10O2.K/c1-8-2-4-9(5-3-8)6-7-10(11)12;/h2-7H,1H3,(H,11,12);/q;+1/p-1/b7-6+;. The van der Waals surface area contributed by atoms with Crippen molar-refractivity contribution in [3.05, 3.63) is 41.5 Å². The number of aryl methyl sites for hydroxylation is 1. The molecule has 1 aromatic carbocycles. The fraction of sp³-hybridized carbons (Fsp3) is 0.100. The second-order valence-corrected chi connectivity index (χ2v) is 2.56. The summed E-state index contributed by atoms with van der Waals surface area (Å²) in [6, 6.07) is 7.56. The van der Waals surface area contributed by atoms with Crippen LogP contribution in [0.3, 0.4) is 0 Å². The van der Waals surface area contributed by atoms with Crippen molar-refractivity contribution in [1.82, 2.24) is 0 Å². The summed E-state index contributed by atoms with van der Waals surface area (Å²) in [5.74, 6) is -1.17. The van der Waals surface area contributed by atoms with Gasteiger partial charge in [0.2, 0.25) is 0 Å². The van der Waals surface area contributed by atoms with Gasteiger partial charge in [0.05, 0.1) is 5.97 Å². The van der Waals surface area contributed by atoms with Gasteiger partial charge < -0.3 is 9.90 Å². The van der Waals surface area contributed by atoms with Crippen LogP contribution >= 0.6 is 0 Å². The number of hydrogen-bond acceptors (Lipinski definition) is 2. The molecule has 13 heavy (non-hydrogen) atoms. The zero-order valence-electron chi connectivity index (χ0n) is 7.78. The maximum Gasteiger partial charge on any atom is 1.00 e. The van der Waals surface area contributed by atoms with Crippen molar-refractivity contribution in [1.29, 1.82) is 0 Å². The van der Waals surface area contributed by atoms with Crippen LogP contribution in [0.15, 0.2) is 30.3 Å². The first-order chi connectivity index (χ1) is 5.68. The van der Waals surface area contributed by atoms with Crippen LogP contribution in [0.1, 0.15) is 11.1 Å². The van der Waals surface area contributed by atoms with E-state index >= 15 is 0 Å². The number of carbonyl (C=O) groups excluding carboxylic acids is 1. The molecule has 0 amide bonds. The van der Waals surface area contributed by atoms with Gasteiger partial charge in [-0.15, -0.1) is 0 Å². The molecule has 0 aromatic heterocycles. The Morgan fingerprint density at radius 3 is 2.31 bits per heavy atom. The second-order valence-electron chi connectivity index (χ2n) is 2.56. The summed E-state index contributed by atoms with van der Waals surface area (Å²) in [6.07, 6.45) is 2.53. The molecule has 0 aliphatic rings. The van der Waals surface area contributed by atoms with Gasteiger partial charge in [-0.1, -0.05) is 35.9 Å². The first-order valence-electron chi connectivity index (χ1n) is 3.64. The van der Waals surface area contributed by atoms with Gasteiger partial charge in [-0.25, -0.2) is 0 Å². The van der Waals surface area contributed by atoms with Gasteiger partial charge in [0.15, 0.2) is 0 Å². The van der Waals surface area contributed by atoms with Gasteiger partial charge in [0.25, 0.3) is 0 Å². The topological polar surface area (TPSA) is 40.1 Å². The van der Waals surface area contributed by atoms with Crippen LogP contribution in [0, 0.1) is 6.92 Å². The van der Waals surface area contributed by atoms with Gasteiger partial charge in [0, 0.05) is 0 Å². The largest absolute Gasteiger partial charge is 1.00 e. The van der Waals surface area contributed by atoms with Crippen molar-refractivity contribution in [3.63, 3.8) is 0 Å². The molecule has 2 nitrogen and oxygen atoms in total. The molecule has 0 heterocycles. The van der Waals surface area contributed by atoms with E-state index in [-0.39, 0.29) is 51.4 Å². The number of carbonyl (C=O) groups is 1. The molecule has 0 bridgehead atoms. The number of aliphatic carboxylic acids is 1. The van der Waals surface area contributed by atoms with Crippen LogP contribution in [0.5, 0.6) is 0 Å². The van der Waals surface area contributed by atoms with E-state index in [9.17, 15) is 9.90 Å².